The van der Waals surface area contributed by atoms with Crippen molar-refractivity contribution in [2.75, 3.05) is 13.9 Å². The van der Waals surface area contributed by atoms with Gasteiger partial charge in [0.1, 0.15) is 6.79 Å². The quantitative estimate of drug-likeness (QED) is 0.561. The van der Waals surface area contributed by atoms with Gasteiger partial charge in [-0.05, 0) is 12.1 Å². The summed E-state index contributed by atoms with van der Waals surface area (Å²) in [4.78, 5) is 14.4. The Balaban J connectivity index is 2.51. The summed E-state index contributed by atoms with van der Waals surface area (Å²) in [6.07, 6.45) is 1.30. The van der Waals surface area contributed by atoms with Crippen molar-refractivity contribution in [3.63, 3.8) is 0 Å². The van der Waals surface area contributed by atoms with Gasteiger partial charge in [0.15, 0.2) is 0 Å². The molecule has 0 unspecified atom stereocenters. The first-order valence-corrected chi connectivity index (χ1v) is 3.99. The first-order valence-electron chi connectivity index (χ1n) is 3.99. The van der Waals surface area contributed by atoms with E-state index in [4.69, 9.17) is 9.84 Å². The summed E-state index contributed by atoms with van der Waals surface area (Å²) in [5.41, 5.74) is 0.840. The lowest BCUT2D eigenvalue weighted by molar-refractivity contribution is -0.0401. The lowest BCUT2D eigenvalue weighted by atomic mass is 10.2. The summed E-state index contributed by atoms with van der Waals surface area (Å²) < 4.78 is 9.72. The molecule has 1 aromatic heterocycles. The third kappa shape index (κ3) is 3.12. The van der Waals surface area contributed by atoms with Crippen molar-refractivity contribution < 1.29 is 19.4 Å². The summed E-state index contributed by atoms with van der Waals surface area (Å²) in [6.45, 7) is 0.510. The Kier molecular flexibility index (Phi) is 4.03. The van der Waals surface area contributed by atoms with Crippen molar-refractivity contribution in [1.29, 1.82) is 0 Å². The maximum atomic E-state index is 10.5. The maximum absolute atomic E-state index is 10.5. The highest BCUT2D eigenvalue weighted by molar-refractivity contribution is 5.87. The molecule has 0 aliphatic heterocycles. The zero-order valence-electron chi connectivity index (χ0n) is 7.77. The second-order valence-corrected chi connectivity index (χ2v) is 2.60. The highest BCUT2D eigenvalue weighted by atomic mass is 16.7. The van der Waals surface area contributed by atoms with E-state index >= 15 is 0 Å². The average molecular weight is 197 g/mol. The topological polar surface area (TPSA) is 68.7 Å². The number of rotatable bonds is 5. The molecule has 0 bridgehead atoms. The zero-order chi connectivity index (χ0) is 10.4. The number of methoxy groups -OCH3 is 1. The molecule has 5 heteroatoms. The van der Waals surface area contributed by atoms with E-state index in [-0.39, 0.29) is 12.4 Å². The van der Waals surface area contributed by atoms with Crippen LogP contribution in [0.4, 0.5) is 0 Å². The van der Waals surface area contributed by atoms with E-state index in [1.807, 2.05) is 0 Å². The van der Waals surface area contributed by atoms with Gasteiger partial charge < -0.3 is 14.6 Å². The van der Waals surface area contributed by atoms with Crippen molar-refractivity contribution in [3.05, 3.63) is 29.6 Å². The molecule has 0 saturated carbocycles. The van der Waals surface area contributed by atoms with Gasteiger partial charge in [-0.25, -0.2) is 4.79 Å². The Hall–Kier alpha value is -1.46. The van der Waals surface area contributed by atoms with E-state index in [0.29, 0.717) is 12.3 Å². The lowest BCUT2D eigenvalue weighted by Gasteiger charge is -2.02. The number of ether oxygens (including phenoxy) is 2. The Morgan fingerprint density at radius 3 is 2.86 bits per heavy atom. The minimum absolute atomic E-state index is 0.167. The van der Waals surface area contributed by atoms with Crippen molar-refractivity contribution in [3.8, 4) is 0 Å². The molecular formula is C9H11NO4. The van der Waals surface area contributed by atoms with Crippen molar-refractivity contribution in [2.24, 2.45) is 0 Å². The van der Waals surface area contributed by atoms with Crippen LogP contribution >= 0.6 is 0 Å². The van der Waals surface area contributed by atoms with Crippen molar-refractivity contribution in [2.45, 2.75) is 6.61 Å². The summed E-state index contributed by atoms with van der Waals surface area (Å²) >= 11 is 0. The Bertz CT molecular complexity index is 296. The van der Waals surface area contributed by atoms with E-state index < -0.39 is 5.97 Å². The van der Waals surface area contributed by atoms with Crippen LogP contribution in [0.25, 0.3) is 0 Å². The van der Waals surface area contributed by atoms with Gasteiger partial charge in [0, 0.05) is 13.3 Å². The molecule has 0 amide bonds. The molecule has 1 heterocycles. The molecule has 0 aromatic carbocycles. The third-order valence-corrected chi connectivity index (χ3v) is 1.52. The van der Waals surface area contributed by atoms with Crippen LogP contribution in [0.3, 0.4) is 0 Å². The lowest BCUT2D eigenvalue weighted by Crippen LogP contribution is -2.01. The van der Waals surface area contributed by atoms with Crippen LogP contribution in [0, 0.1) is 0 Å². The standard InChI is InChI=1S/C9H11NO4/c1-13-6-14-5-8-3-2-7(4-10-8)9(11)12/h2-4H,5-6H2,1H3,(H,11,12). The first kappa shape index (κ1) is 10.6. The second kappa shape index (κ2) is 5.31. The van der Waals surface area contributed by atoms with Crippen molar-refractivity contribution in [1.82, 2.24) is 4.98 Å². The SMILES string of the molecule is COCOCc1ccc(C(=O)O)cn1. The summed E-state index contributed by atoms with van der Waals surface area (Å²) in [5.74, 6) is -0.984. The molecule has 76 valence electrons. The van der Waals surface area contributed by atoms with E-state index in [1.165, 1.54) is 19.4 Å². The first-order chi connectivity index (χ1) is 6.74. The largest absolute Gasteiger partial charge is 0.478 e. The molecular weight excluding hydrogens is 186 g/mol. The van der Waals surface area contributed by atoms with Crippen LogP contribution in [0.1, 0.15) is 16.1 Å². The molecule has 0 aliphatic carbocycles. The molecule has 0 saturated heterocycles. The number of hydrogen-bond donors (Lipinski definition) is 1. The fourth-order valence-corrected chi connectivity index (χ4v) is 0.866. The number of carbonyl (C=O) groups is 1. The van der Waals surface area contributed by atoms with Crippen LogP contribution in [0.2, 0.25) is 0 Å². The third-order valence-electron chi connectivity index (χ3n) is 1.52. The smallest absolute Gasteiger partial charge is 0.337 e. The molecule has 1 aromatic rings. The average Bonchev–Trinajstić information content (AvgIpc) is 2.19. The highest BCUT2D eigenvalue weighted by Crippen LogP contribution is 2.01. The van der Waals surface area contributed by atoms with E-state index in [2.05, 4.69) is 9.72 Å². The summed E-state index contributed by atoms with van der Waals surface area (Å²) in [7, 11) is 1.53. The van der Waals surface area contributed by atoms with Crippen LogP contribution in [-0.2, 0) is 16.1 Å². The summed E-state index contributed by atoms with van der Waals surface area (Å²) in [6, 6.07) is 3.10. The number of aromatic carboxylic acids is 1. The minimum atomic E-state index is -0.984. The van der Waals surface area contributed by atoms with Crippen LogP contribution < -0.4 is 0 Å². The van der Waals surface area contributed by atoms with Gasteiger partial charge in [-0.15, -0.1) is 0 Å². The molecule has 0 aliphatic rings. The van der Waals surface area contributed by atoms with E-state index in [9.17, 15) is 4.79 Å². The highest BCUT2D eigenvalue weighted by Gasteiger charge is 2.02. The Morgan fingerprint density at radius 2 is 2.36 bits per heavy atom. The fourth-order valence-electron chi connectivity index (χ4n) is 0.866. The summed E-state index contributed by atoms with van der Waals surface area (Å²) in [5, 5.41) is 8.60. The van der Waals surface area contributed by atoms with Crippen LogP contribution in [0.5, 0.6) is 0 Å². The molecule has 0 fully saturated rings. The van der Waals surface area contributed by atoms with Gasteiger partial charge in [0.2, 0.25) is 0 Å². The monoisotopic (exact) mass is 197 g/mol. The van der Waals surface area contributed by atoms with E-state index in [0.717, 1.165) is 0 Å². The van der Waals surface area contributed by atoms with Gasteiger partial charge in [-0.2, -0.15) is 0 Å². The molecule has 1 rings (SSSR count). The van der Waals surface area contributed by atoms with Gasteiger partial charge >= 0.3 is 5.97 Å². The Morgan fingerprint density at radius 1 is 1.57 bits per heavy atom. The normalized spacial score (nSPS) is 10.1. The van der Waals surface area contributed by atoms with Gasteiger partial charge in [-0.1, -0.05) is 0 Å². The number of carboxylic acids is 1. The number of nitrogens with zero attached hydrogens (tertiary/aromatic N) is 1. The van der Waals surface area contributed by atoms with Gasteiger partial charge in [-0.3, -0.25) is 4.98 Å². The molecule has 0 atom stereocenters. The second-order valence-electron chi connectivity index (χ2n) is 2.60. The number of carboxylic acid groups (broad SMARTS) is 1. The molecule has 0 spiro atoms. The number of pyridine rings is 1. The zero-order valence-corrected chi connectivity index (χ0v) is 7.77. The van der Waals surface area contributed by atoms with Gasteiger partial charge in [0.25, 0.3) is 0 Å². The number of hydrogen-bond acceptors (Lipinski definition) is 4. The predicted molar refractivity (Wildman–Crippen MR) is 47.9 cm³/mol. The van der Waals surface area contributed by atoms with Crippen LogP contribution in [-0.4, -0.2) is 30.0 Å². The molecule has 0 radical (unpaired) electrons. The number of aromatic nitrogens is 1. The van der Waals surface area contributed by atoms with Crippen molar-refractivity contribution >= 4 is 5.97 Å². The Labute approximate surface area is 81.3 Å². The minimum Gasteiger partial charge on any atom is -0.478 e. The fraction of sp³-hybridized carbons (Fsp3) is 0.333. The molecule has 5 nitrogen and oxygen atoms in total. The van der Waals surface area contributed by atoms with E-state index in [1.54, 1.807) is 6.07 Å². The van der Waals surface area contributed by atoms with Gasteiger partial charge in [0.05, 0.1) is 17.9 Å². The molecule has 14 heavy (non-hydrogen) atoms. The maximum Gasteiger partial charge on any atom is 0.337 e. The van der Waals surface area contributed by atoms with Crippen LogP contribution in [0.15, 0.2) is 18.3 Å². The molecule has 1 N–H and O–H groups in total. The predicted octanol–water partition coefficient (Wildman–Crippen LogP) is 0.900.